The van der Waals surface area contributed by atoms with Gasteiger partial charge in [-0.15, -0.1) is 0 Å². The Hall–Kier alpha value is -1.79. The summed E-state index contributed by atoms with van der Waals surface area (Å²) in [6.45, 7) is 4.10. The highest BCUT2D eigenvalue weighted by Gasteiger charge is 2.31. The van der Waals surface area contributed by atoms with Crippen LogP contribution in [0.15, 0.2) is 18.2 Å². The molecule has 0 spiro atoms. The van der Waals surface area contributed by atoms with Gasteiger partial charge in [0, 0.05) is 38.8 Å². The Balaban J connectivity index is 2.24. The molecule has 6 nitrogen and oxygen atoms in total. The molecule has 0 saturated carbocycles. The Morgan fingerprint density at radius 1 is 1.40 bits per heavy atom. The molecule has 20 heavy (non-hydrogen) atoms. The summed E-state index contributed by atoms with van der Waals surface area (Å²) in [5.74, 6) is 0.0189. The van der Waals surface area contributed by atoms with Gasteiger partial charge in [-0.2, -0.15) is 0 Å². The van der Waals surface area contributed by atoms with E-state index < -0.39 is 0 Å². The summed E-state index contributed by atoms with van der Waals surface area (Å²) in [7, 11) is 1.62. The Bertz CT molecular complexity index is 472. The average Bonchev–Trinajstić information content (AvgIpc) is 2.44. The van der Waals surface area contributed by atoms with Crippen molar-refractivity contribution in [3.05, 3.63) is 23.8 Å². The highest BCUT2D eigenvalue weighted by Crippen LogP contribution is 2.29. The lowest BCUT2D eigenvalue weighted by atomic mass is 10.0. The van der Waals surface area contributed by atoms with Gasteiger partial charge in [-0.1, -0.05) is 0 Å². The standard InChI is InChI=1S/C14H21N3O3/c1-9(10-5-11(18)7-12(19)6-10)17-4-3-16-8-13(17)14(20)15-2/h5-7,9,13,16,18-19H,3-4,8H2,1-2H3,(H,15,20). The highest BCUT2D eigenvalue weighted by molar-refractivity contribution is 5.81. The van der Waals surface area contributed by atoms with E-state index in [1.165, 1.54) is 6.07 Å². The van der Waals surface area contributed by atoms with Crippen LogP contribution in [-0.2, 0) is 4.79 Å². The first-order chi connectivity index (χ1) is 9.52. The van der Waals surface area contributed by atoms with Crippen LogP contribution in [0.3, 0.4) is 0 Å². The summed E-state index contributed by atoms with van der Waals surface area (Å²) in [5.41, 5.74) is 0.790. The van der Waals surface area contributed by atoms with Gasteiger partial charge in [0.2, 0.25) is 5.91 Å². The van der Waals surface area contributed by atoms with Crippen LogP contribution < -0.4 is 10.6 Å². The van der Waals surface area contributed by atoms with Crippen LogP contribution in [0.1, 0.15) is 18.5 Å². The number of aromatic hydroxyl groups is 2. The molecule has 0 aliphatic carbocycles. The van der Waals surface area contributed by atoms with Crippen molar-refractivity contribution in [3.63, 3.8) is 0 Å². The van der Waals surface area contributed by atoms with Crippen molar-refractivity contribution < 1.29 is 15.0 Å². The first-order valence-corrected chi connectivity index (χ1v) is 6.74. The van der Waals surface area contributed by atoms with Crippen molar-refractivity contribution in [1.82, 2.24) is 15.5 Å². The molecule has 2 unspecified atom stereocenters. The number of phenols is 2. The van der Waals surface area contributed by atoms with Gasteiger partial charge in [0.1, 0.15) is 17.5 Å². The second-order valence-corrected chi connectivity index (χ2v) is 5.03. The third-order valence-electron chi connectivity index (χ3n) is 3.74. The molecule has 0 bridgehead atoms. The molecule has 4 N–H and O–H groups in total. The van der Waals surface area contributed by atoms with Gasteiger partial charge in [-0.3, -0.25) is 9.69 Å². The molecule has 6 heteroatoms. The fourth-order valence-electron chi connectivity index (χ4n) is 2.64. The minimum Gasteiger partial charge on any atom is -0.508 e. The number of rotatable bonds is 3. The molecule has 1 aromatic rings. The van der Waals surface area contributed by atoms with E-state index in [1.54, 1.807) is 19.2 Å². The van der Waals surface area contributed by atoms with E-state index in [0.717, 1.165) is 18.7 Å². The lowest BCUT2D eigenvalue weighted by Crippen LogP contribution is -2.57. The number of carbonyl (C=O) groups excluding carboxylic acids is 1. The zero-order chi connectivity index (χ0) is 14.7. The number of piperazine rings is 1. The number of amides is 1. The minimum atomic E-state index is -0.256. The molecule has 1 aliphatic rings. The van der Waals surface area contributed by atoms with Crippen molar-refractivity contribution in [3.8, 4) is 11.5 Å². The van der Waals surface area contributed by atoms with Gasteiger partial charge < -0.3 is 20.8 Å². The normalized spacial score (nSPS) is 21.4. The number of hydrogen-bond acceptors (Lipinski definition) is 5. The smallest absolute Gasteiger partial charge is 0.238 e. The number of carbonyl (C=O) groups is 1. The second kappa shape index (κ2) is 6.11. The van der Waals surface area contributed by atoms with Crippen LogP contribution in [0.5, 0.6) is 11.5 Å². The fraction of sp³-hybridized carbons (Fsp3) is 0.500. The van der Waals surface area contributed by atoms with E-state index in [1.807, 2.05) is 6.92 Å². The van der Waals surface area contributed by atoms with Crippen LogP contribution in [0.4, 0.5) is 0 Å². The molecule has 0 aromatic heterocycles. The maximum atomic E-state index is 12.0. The lowest BCUT2D eigenvalue weighted by Gasteiger charge is -2.39. The van der Waals surface area contributed by atoms with Crippen LogP contribution in [0.25, 0.3) is 0 Å². The predicted octanol–water partition coefficient (Wildman–Crippen LogP) is 0.179. The van der Waals surface area contributed by atoms with E-state index in [2.05, 4.69) is 15.5 Å². The van der Waals surface area contributed by atoms with Gasteiger partial charge in [-0.25, -0.2) is 0 Å². The van der Waals surface area contributed by atoms with E-state index >= 15 is 0 Å². The number of likely N-dealkylation sites (N-methyl/N-ethyl adjacent to an activating group) is 1. The fourth-order valence-corrected chi connectivity index (χ4v) is 2.64. The van der Waals surface area contributed by atoms with Crippen molar-refractivity contribution in [2.24, 2.45) is 0 Å². The summed E-state index contributed by atoms with van der Waals surface area (Å²) in [6.07, 6.45) is 0. The van der Waals surface area contributed by atoms with Gasteiger partial charge in [0.15, 0.2) is 0 Å². The second-order valence-electron chi connectivity index (χ2n) is 5.03. The summed E-state index contributed by atoms with van der Waals surface area (Å²) in [4.78, 5) is 14.0. The highest BCUT2D eigenvalue weighted by atomic mass is 16.3. The zero-order valence-corrected chi connectivity index (χ0v) is 11.8. The number of nitrogens with zero attached hydrogens (tertiary/aromatic N) is 1. The maximum absolute atomic E-state index is 12.0. The van der Waals surface area contributed by atoms with Gasteiger partial charge >= 0.3 is 0 Å². The Morgan fingerprint density at radius 3 is 2.65 bits per heavy atom. The molecule has 2 rings (SSSR count). The summed E-state index contributed by atoms with van der Waals surface area (Å²) in [6, 6.07) is 4.20. The quantitative estimate of drug-likeness (QED) is 0.634. The molecule has 1 aliphatic heterocycles. The molecule has 1 fully saturated rings. The number of hydrogen-bond donors (Lipinski definition) is 4. The summed E-state index contributed by atoms with van der Waals surface area (Å²) < 4.78 is 0. The zero-order valence-electron chi connectivity index (χ0n) is 11.8. The molecule has 1 heterocycles. The van der Waals surface area contributed by atoms with E-state index in [0.29, 0.717) is 6.54 Å². The van der Waals surface area contributed by atoms with Crippen LogP contribution in [-0.4, -0.2) is 53.7 Å². The molecule has 0 radical (unpaired) electrons. The van der Waals surface area contributed by atoms with E-state index in [9.17, 15) is 15.0 Å². The van der Waals surface area contributed by atoms with Crippen LogP contribution in [0.2, 0.25) is 0 Å². The molecular weight excluding hydrogens is 258 g/mol. The van der Waals surface area contributed by atoms with Crippen LogP contribution in [0, 0.1) is 0 Å². The largest absolute Gasteiger partial charge is 0.508 e. The number of phenolic OH excluding ortho intramolecular Hbond substituents is 2. The first-order valence-electron chi connectivity index (χ1n) is 6.74. The number of benzene rings is 1. The molecule has 1 saturated heterocycles. The van der Waals surface area contributed by atoms with E-state index in [-0.39, 0.29) is 29.5 Å². The lowest BCUT2D eigenvalue weighted by molar-refractivity contribution is -0.127. The third-order valence-corrected chi connectivity index (χ3v) is 3.74. The third kappa shape index (κ3) is 3.02. The van der Waals surface area contributed by atoms with Crippen LogP contribution >= 0.6 is 0 Å². The van der Waals surface area contributed by atoms with Crippen molar-refractivity contribution in [2.45, 2.75) is 19.0 Å². The topological polar surface area (TPSA) is 84.8 Å². The molecule has 1 aromatic carbocycles. The van der Waals surface area contributed by atoms with Crippen molar-refractivity contribution >= 4 is 5.91 Å². The van der Waals surface area contributed by atoms with Crippen molar-refractivity contribution in [1.29, 1.82) is 0 Å². The first kappa shape index (κ1) is 14.6. The average molecular weight is 279 g/mol. The molecular formula is C14H21N3O3. The summed E-state index contributed by atoms with van der Waals surface area (Å²) >= 11 is 0. The molecule has 110 valence electrons. The van der Waals surface area contributed by atoms with Gasteiger partial charge in [-0.05, 0) is 24.6 Å². The van der Waals surface area contributed by atoms with Gasteiger partial charge in [0.25, 0.3) is 0 Å². The van der Waals surface area contributed by atoms with Crippen molar-refractivity contribution in [2.75, 3.05) is 26.7 Å². The van der Waals surface area contributed by atoms with Gasteiger partial charge in [0.05, 0.1) is 0 Å². The Kier molecular flexibility index (Phi) is 4.46. The number of nitrogens with one attached hydrogen (secondary N) is 2. The minimum absolute atomic E-state index is 0.0264. The monoisotopic (exact) mass is 279 g/mol. The molecule has 1 amide bonds. The Morgan fingerprint density at radius 2 is 2.05 bits per heavy atom. The molecule has 2 atom stereocenters. The van der Waals surface area contributed by atoms with E-state index in [4.69, 9.17) is 0 Å². The predicted molar refractivity (Wildman–Crippen MR) is 75.6 cm³/mol. The summed E-state index contributed by atoms with van der Waals surface area (Å²) in [5, 5.41) is 25.1. The SMILES string of the molecule is CNC(=O)C1CNCCN1C(C)c1cc(O)cc(O)c1. The Labute approximate surface area is 118 Å². The maximum Gasteiger partial charge on any atom is 0.238 e.